The summed E-state index contributed by atoms with van der Waals surface area (Å²) in [5.41, 5.74) is 2.39. The van der Waals surface area contributed by atoms with E-state index >= 15 is 0 Å². The molecule has 0 amide bonds. The van der Waals surface area contributed by atoms with E-state index in [1.54, 1.807) is 11.3 Å². The minimum Gasteiger partial charge on any atom is -0.310 e. The van der Waals surface area contributed by atoms with E-state index in [-0.39, 0.29) is 0 Å². The molecule has 0 aliphatic heterocycles. The Bertz CT molecular complexity index is 534. The first kappa shape index (κ1) is 14.5. The molecule has 102 valence electrons. The third-order valence-corrected chi connectivity index (χ3v) is 4.64. The molecule has 0 fully saturated rings. The van der Waals surface area contributed by atoms with Crippen LogP contribution in [0.15, 0.2) is 24.3 Å². The van der Waals surface area contributed by atoms with Gasteiger partial charge in [0, 0.05) is 22.4 Å². The summed E-state index contributed by atoms with van der Waals surface area (Å²) in [5.74, 6) is 0. The van der Waals surface area contributed by atoms with Gasteiger partial charge in [-0.25, -0.2) is 4.98 Å². The largest absolute Gasteiger partial charge is 0.310 e. The van der Waals surface area contributed by atoms with Crippen molar-refractivity contribution in [3.8, 4) is 0 Å². The van der Waals surface area contributed by atoms with Gasteiger partial charge < -0.3 is 5.32 Å². The molecule has 0 spiro atoms. The first-order chi connectivity index (χ1) is 9.10. The summed E-state index contributed by atoms with van der Waals surface area (Å²) in [6.45, 7) is 7.38. The van der Waals surface area contributed by atoms with Crippen molar-refractivity contribution in [2.24, 2.45) is 0 Å². The molecule has 4 heteroatoms. The quantitative estimate of drug-likeness (QED) is 0.886. The second-order valence-electron chi connectivity index (χ2n) is 4.64. The monoisotopic (exact) mass is 294 g/mol. The van der Waals surface area contributed by atoms with Crippen LogP contribution in [0.25, 0.3) is 0 Å². The van der Waals surface area contributed by atoms with Crippen LogP contribution < -0.4 is 5.32 Å². The van der Waals surface area contributed by atoms with Crippen molar-refractivity contribution in [3.63, 3.8) is 0 Å². The van der Waals surface area contributed by atoms with Crippen LogP contribution in [-0.4, -0.2) is 11.5 Å². The molecule has 0 saturated carbocycles. The zero-order chi connectivity index (χ0) is 13.8. The average molecular weight is 295 g/mol. The highest BCUT2D eigenvalue weighted by atomic mass is 35.5. The first-order valence-corrected chi connectivity index (χ1v) is 7.73. The van der Waals surface area contributed by atoms with E-state index in [0.717, 1.165) is 23.7 Å². The van der Waals surface area contributed by atoms with Gasteiger partial charge in [0.1, 0.15) is 0 Å². The summed E-state index contributed by atoms with van der Waals surface area (Å²) in [6.07, 6.45) is 0.877. The van der Waals surface area contributed by atoms with Gasteiger partial charge in [0.05, 0.1) is 10.7 Å². The molecule has 0 aliphatic rings. The smallest absolute Gasteiger partial charge is 0.0975 e. The molecule has 1 N–H and O–H groups in total. The van der Waals surface area contributed by atoms with Gasteiger partial charge in [0.25, 0.3) is 0 Å². The Kier molecular flexibility index (Phi) is 4.97. The third kappa shape index (κ3) is 3.78. The normalized spacial score (nSPS) is 12.6. The van der Waals surface area contributed by atoms with Crippen LogP contribution in [0.4, 0.5) is 0 Å². The van der Waals surface area contributed by atoms with E-state index in [1.807, 2.05) is 12.1 Å². The average Bonchev–Trinajstić information content (AvgIpc) is 2.74. The number of aromatic nitrogens is 1. The zero-order valence-electron chi connectivity index (χ0n) is 11.5. The number of thiazole rings is 1. The number of nitrogens with one attached hydrogen (secondary N) is 1. The molecule has 1 heterocycles. The molecule has 0 saturated heterocycles. The predicted octanol–water partition coefficient (Wildman–Crippen LogP) is 4.37. The lowest BCUT2D eigenvalue weighted by Gasteiger charge is -2.09. The van der Waals surface area contributed by atoms with Gasteiger partial charge in [-0.15, -0.1) is 11.3 Å². The molecule has 19 heavy (non-hydrogen) atoms. The number of hydrogen-bond donors (Lipinski definition) is 1. The van der Waals surface area contributed by atoms with Crippen molar-refractivity contribution in [2.45, 2.75) is 33.2 Å². The van der Waals surface area contributed by atoms with Crippen LogP contribution in [-0.2, 0) is 6.42 Å². The molecule has 0 aliphatic carbocycles. The summed E-state index contributed by atoms with van der Waals surface area (Å²) in [5, 5.41) is 5.38. The van der Waals surface area contributed by atoms with Crippen LogP contribution >= 0.6 is 22.9 Å². The van der Waals surface area contributed by atoms with Crippen molar-refractivity contribution in [2.75, 3.05) is 6.54 Å². The molecule has 1 unspecified atom stereocenters. The summed E-state index contributed by atoms with van der Waals surface area (Å²) in [7, 11) is 0. The molecular weight excluding hydrogens is 276 g/mol. The topological polar surface area (TPSA) is 24.9 Å². The number of hydrogen-bond acceptors (Lipinski definition) is 3. The maximum atomic E-state index is 5.90. The first-order valence-electron chi connectivity index (χ1n) is 6.54. The summed E-state index contributed by atoms with van der Waals surface area (Å²) in [4.78, 5) is 6.02. The van der Waals surface area contributed by atoms with Gasteiger partial charge in [0.15, 0.2) is 0 Å². The molecule has 1 atom stereocenters. The molecule has 1 aromatic carbocycles. The number of rotatable bonds is 5. The minimum absolute atomic E-state index is 0.376. The van der Waals surface area contributed by atoms with Gasteiger partial charge >= 0.3 is 0 Å². The Morgan fingerprint density at radius 3 is 2.63 bits per heavy atom. The second-order valence-corrected chi connectivity index (χ2v) is 6.19. The number of halogens is 1. The fourth-order valence-corrected chi connectivity index (χ4v) is 3.37. The molecule has 0 radical (unpaired) electrons. The van der Waals surface area contributed by atoms with E-state index in [9.17, 15) is 0 Å². The Morgan fingerprint density at radius 1 is 1.32 bits per heavy atom. The van der Waals surface area contributed by atoms with Crippen molar-refractivity contribution >= 4 is 22.9 Å². The fourth-order valence-electron chi connectivity index (χ4n) is 2.12. The molecule has 2 nitrogen and oxygen atoms in total. The highest BCUT2D eigenvalue weighted by molar-refractivity contribution is 7.11. The van der Waals surface area contributed by atoms with Gasteiger partial charge in [-0.1, -0.05) is 30.7 Å². The van der Waals surface area contributed by atoms with Crippen LogP contribution in [0.2, 0.25) is 5.02 Å². The summed E-state index contributed by atoms with van der Waals surface area (Å²) in [6, 6.07) is 8.36. The summed E-state index contributed by atoms with van der Waals surface area (Å²) < 4.78 is 0. The van der Waals surface area contributed by atoms with E-state index < -0.39 is 0 Å². The zero-order valence-corrected chi connectivity index (χ0v) is 13.1. The van der Waals surface area contributed by atoms with Crippen LogP contribution in [0.5, 0.6) is 0 Å². The van der Waals surface area contributed by atoms with E-state index in [2.05, 4.69) is 43.2 Å². The van der Waals surface area contributed by atoms with Crippen LogP contribution in [0, 0.1) is 6.92 Å². The molecule has 2 rings (SSSR count). The Labute approximate surface area is 123 Å². The Hall–Kier alpha value is -0.900. The van der Waals surface area contributed by atoms with Gasteiger partial charge in [0.2, 0.25) is 0 Å². The van der Waals surface area contributed by atoms with Crippen molar-refractivity contribution in [1.82, 2.24) is 10.3 Å². The maximum absolute atomic E-state index is 5.90. The summed E-state index contributed by atoms with van der Waals surface area (Å²) >= 11 is 7.70. The number of nitrogens with zero attached hydrogens (tertiary/aromatic N) is 1. The highest BCUT2D eigenvalue weighted by Gasteiger charge is 2.13. The highest BCUT2D eigenvalue weighted by Crippen LogP contribution is 2.26. The molecule has 2 aromatic rings. The molecular formula is C15H19ClN2S. The van der Waals surface area contributed by atoms with Crippen LogP contribution in [0.3, 0.4) is 0 Å². The minimum atomic E-state index is 0.376. The fraction of sp³-hybridized carbons (Fsp3) is 0.400. The van der Waals surface area contributed by atoms with Gasteiger partial charge in [-0.05, 0) is 38.1 Å². The number of aryl methyl sites for hydroxylation is 1. The van der Waals surface area contributed by atoms with Gasteiger partial charge in [-0.2, -0.15) is 0 Å². The van der Waals surface area contributed by atoms with Crippen molar-refractivity contribution in [1.29, 1.82) is 0 Å². The Balaban J connectivity index is 2.13. The van der Waals surface area contributed by atoms with Crippen LogP contribution in [0.1, 0.15) is 41.0 Å². The van der Waals surface area contributed by atoms with Gasteiger partial charge in [-0.3, -0.25) is 0 Å². The van der Waals surface area contributed by atoms with Crippen molar-refractivity contribution < 1.29 is 0 Å². The maximum Gasteiger partial charge on any atom is 0.0975 e. The standard InChI is InChI=1S/C15H19ClN2S/c1-4-17-10(2)15-11(3)18-14(19-15)9-12-5-7-13(16)8-6-12/h5-8,10,17H,4,9H2,1-3H3. The van der Waals surface area contributed by atoms with E-state index in [4.69, 9.17) is 11.6 Å². The van der Waals surface area contributed by atoms with E-state index in [1.165, 1.54) is 15.4 Å². The SMILES string of the molecule is CCNC(C)c1sc(Cc2ccc(Cl)cc2)nc1C. The lowest BCUT2D eigenvalue weighted by molar-refractivity contribution is 0.603. The lowest BCUT2D eigenvalue weighted by atomic mass is 10.2. The lowest BCUT2D eigenvalue weighted by Crippen LogP contribution is -2.17. The molecule has 0 bridgehead atoms. The third-order valence-electron chi connectivity index (χ3n) is 3.05. The van der Waals surface area contributed by atoms with E-state index in [0.29, 0.717) is 6.04 Å². The molecule has 1 aromatic heterocycles. The predicted molar refractivity (Wildman–Crippen MR) is 83.2 cm³/mol. The number of benzene rings is 1. The van der Waals surface area contributed by atoms with Crippen molar-refractivity contribution in [3.05, 3.63) is 50.4 Å². The Morgan fingerprint density at radius 2 is 2.00 bits per heavy atom. The second kappa shape index (κ2) is 6.51.